The van der Waals surface area contributed by atoms with Crippen molar-refractivity contribution in [2.75, 3.05) is 11.5 Å². The van der Waals surface area contributed by atoms with Gasteiger partial charge < -0.3 is 5.11 Å². The molecule has 0 aliphatic rings. The summed E-state index contributed by atoms with van der Waals surface area (Å²) in [6.07, 6.45) is 12.0. The van der Waals surface area contributed by atoms with Gasteiger partial charge in [-0.25, -0.2) is 8.42 Å². The van der Waals surface area contributed by atoms with E-state index < -0.39 is 15.8 Å². The van der Waals surface area contributed by atoms with Gasteiger partial charge in [-0.15, -0.1) is 0 Å². The molecule has 0 aromatic carbocycles. The van der Waals surface area contributed by atoms with Crippen LogP contribution >= 0.6 is 0 Å². The van der Waals surface area contributed by atoms with Gasteiger partial charge in [-0.2, -0.15) is 0 Å². The first-order valence-corrected chi connectivity index (χ1v) is 10.2. The number of hydrogen-bond donors (Lipinski definition) is 1. The molecule has 21 heavy (non-hydrogen) atoms. The predicted molar refractivity (Wildman–Crippen MR) is 87.4 cm³/mol. The summed E-state index contributed by atoms with van der Waals surface area (Å²) in [7, 11) is -3.05. The molecule has 0 aromatic rings. The summed E-state index contributed by atoms with van der Waals surface area (Å²) in [6, 6.07) is 0. The van der Waals surface area contributed by atoms with Crippen molar-refractivity contribution in [3.05, 3.63) is 0 Å². The second-order valence-corrected chi connectivity index (χ2v) is 8.13. The summed E-state index contributed by atoms with van der Waals surface area (Å²) in [4.78, 5) is 10.3. The number of carboxylic acids is 1. The molecule has 4 nitrogen and oxygen atoms in total. The normalized spacial score (nSPS) is 11.7. The molecular formula is C16H32O4S. The number of rotatable bonds is 15. The van der Waals surface area contributed by atoms with Gasteiger partial charge in [-0.3, -0.25) is 4.79 Å². The van der Waals surface area contributed by atoms with Gasteiger partial charge in [0.1, 0.15) is 9.84 Å². The van der Waals surface area contributed by atoms with Crippen LogP contribution in [0.5, 0.6) is 0 Å². The van der Waals surface area contributed by atoms with E-state index in [1.54, 1.807) is 0 Å². The maximum Gasteiger partial charge on any atom is 0.303 e. The third-order valence-electron chi connectivity index (χ3n) is 3.65. The Morgan fingerprint density at radius 2 is 1.19 bits per heavy atom. The molecule has 126 valence electrons. The molecule has 0 spiro atoms. The van der Waals surface area contributed by atoms with Crippen molar-refractivity contribution >= 4 is 15.8 Å². The van der Waals surface area contributed by atoms with Crippen molar-refractivity contribution in [2.45, 2.75) is 84.0 Å². The zero-order chi connectivity index (χ0) is 16.0. The summed E-state index contributed by atoms with van der Waals surface area (Å²) in [6.45, 7) is 2.22. The Kier molecular flexibility index (Phi) is 12.7. The molecule has 0 saturated heterocycles. The Bertz CT molecular complexity index is 349. The minimum atomic E-state index is -3.05. The molecule has 0 radical (unpaired) electrons. The Morgan fingerprint density at radius 3 is 1.67 bits per heavy atom. The van der Waals surface area contributed by atoms with E-state index in [0.29, 0.717) is 6.42 Å². The molecular weight excluding hydrogens is 288 g/mol. The van der Waals surface area contributed by atoms with Gasteiger partial charge in [-0.1, -0.05) is 64.7 Å². The van der Waals surface area contributed by atoms with Crippen LogP contribution in [0.3, 0.4) is 0 Å². The van der Waals surface area contributed by atoms with E-state index in [4.69, 9.17) is 5.11 Å². The lowest BCUT2D eigenvalue weighted by Crippen LogP contribution is -2.12. The fraction of sp³-hybridized carbons (Fsp3) is 0.938. The summed E-state index contributed by atoms with van der Waals surface area (Å²) < 4.78 is 23.3. The van der Waals surface area contributed by atoms with Crippen LogP contribution in [0.2, 0.25) is 0 Å². The number of carboxylic acid groups (broad SMARTS) is 1. The third-order valence-corrected chi connectivity index (χ3v) is 5.48. The quantitative estimate of drug-likeness (QED) is 0.459. The number of sulfone groups is 1. The average molecular weight is 320 g/mol. The highest BCUT2D eigenvalue weighted by Crippen LogP contribution is 2.11. The Hall–Kier alpha value is -0.580. The molecule has 0 rings (SSSR count). The molecule has 0 fully saturated rings. The predicted octanol–water partition coefficient (Wildman–Crippen LogP) is 4.19. The molecule has 1 N–H and O–H groups in total. The van der Waals surface area contributed by atoms with Gasteiger partial charge in [0.05, 0.1) is 11.5 Å². The minimum absolute atomic E-state index is 0.0106. The number of hydrogen-bond acceptors (Lipinski definition) is 3. The zero-order valence-electron chi connectivity index (χ0n) is 13.5. The number of unbranched alkanes of at least 4 members (excludes halogenated alkanes) is 9. The van der Waals surface area contributed by atoms with Crippen LogP contribution in [-0.2, 0) is 14.6 Å². The van der Waals surface area contributed by atoms with Crippen molar-refractivity contribution in [3.8, 4) is 0 Å². The first kappa shape index (κ1) is 20.4. The van der Waals surface area contributed by atoms with Gasteiger partial charge in [0.25, 0.3) is 0 Å². The van der Waals surface area contributed by atoms with Crippen LogP contribution in [0.25, 0.3) is 0 Å². The smallest absolute Gasteiger partial charge is 0.303 e. The molecule has 0 bridgehead atoms. The first-order chi connectivity index (χ1) is 9.98. The van der Waals surface area contributed by atoms with Crippen LogP contribution in [0.15, 0.2) is 0 Å². The van der Waals surface area contributed by atoms with Gasteiger partial charge in [-0.05, 0) is 12.8 Å². The van der Waals surface area contributed by atoms with Gasteiger partial charge in [0.2, 0.25) is 0 Å². The maximum atomic E-state index is 11.7. The lowest BCUT2D eigenvalue weighted by Gasteiger charge is -2.04. The van der Waals surface area contributed by atoms with Crippen molar-refractivity contribution in [1.82, 2.24) is 0 Å². The summed E-state index contributed by atoms with van der Waals surface area (Å²) >= 11 is 0. The first-order valence-electron chi connectivity index (χ1n) is 8.40. The molecule has 0 saturated carbocycles. The van der Waals surface area contributed by atoms with Gasteiger partial charge >= 0.3 is 5.97 Å². The monoisotopic (exact) mass is 320 g/mol. The standard InChI is InChI=1S/C16H32O4S/c1-2-3-4-5-6-7-8-9-10-11-14-21(19,20)15-12-13-16(17)18/h2-15H2,1H3,(H,17,18). The van der Waals surface area contributed by atoms with E-state index in [-0.39, 0.29) is 24.3 Å². The fourth-order valence-electron chi connectivity index (χ4n) is 2.35. The molecule has 0 unspecified atom stereocenters. The van der Waals surface area contributed by atoms with Crippen molar-refractivity contribution in [3.63, 3.8) is 0 Å². The van der Waals surface area contributed by atoms with Crippen LogP contribution in [0.4, 0.5) is 0 Å². The lowest BCUT2D eigenvalue weighted by atomic mass is 10.1. The molecule has 0 aromatic heterocycles. The van der Waals surface area contributed by atoms with Crippen LogP contribution < -0.4 is 0 Å². The number of carbonyl (C=O) groups is 1. The van der Waals surface area contributed by atoms with Gasteiger partial charge in [0, 0.05) is 6.42 Å². The van der Waals surface area contributed by atoms with E-state index in [2.05, 4.69) is 6.92 Å². The fourth-order valence-corrected chi connectivity index (χ4v) is 3.79. The second kappa shape index (κ2) is 13.1. The van der Waals surface area contributed by atoms with Gasteiger partial charge in [0.15, 0.2) is 0 Å². The highest BCUT2D eigenvalue weighted by Gasteiger charge is 2.11. The molecule has 0 amide bonds. The summed E-state index contributed by atoms with van der Waals surface area (Å²) in [5.74, 6) is -0.705. The maximum absolute atomic E-state index is 11.7. The Balaban J connectivity index is 3.38. The second-order valence-electron chi connectivity index (χ2n) is 5.83. The molecule has 0 aliphatic heterocycles. The Morgan fingerprint density at radius 1 is 0.762 bits per heavy atom. The van der Waals surface area contributed by atoms with Crippen molar-refractivity contribution in [2.24, 2.45) is 0 Å². The van der Waals surface area contributed by atoms with E-state index in [0.717, 1.165) is 12.8 Å². The van der Waals surface area contributed by atoms with Crippen LogP contribution in [0, 0.1) is 0 Å². The third kappa shape index (κ3) is 15.6. The van der Waals surface area contributed by atoms with Crippen molar-refractivity contribution < 1.29 is 18.3 Å². The molecule has 0 aliphatic carbocycles. The highest BCUT2D eigenvalue weighted by atomic mass is 32.2. The van der Waals surface area contributed by atoms with Crippen LogP contribution in [0.1, 0.15) is 84.0 Å². The topological polar surface area (TPSA) is 71.4 Å². The van der Waals surface area contributed by atoms with E-state index in [1.165, 1.54) is 44.9 Å². The molecule has 0 atom stereocenters. The average Bonchev–Trinajstić information content (AvgIpc) is 2.40. The number of aliphatic carboxylic acids is 1. The minimum Gasteiger partial charge on any atom is -0.481 e. The molecule has 0 heterocycles. The van der Waals surface area contributed by atoms with Crippen LogP contribution in [-0.4, -0.2) is 31.0 Å². The lowest BCUT2D eigenvalue weighted by molar-refractivity contribution is -0.137. The van der Waals surface area contributed by atoms with Crippen molar-refractivity contribution in [1.29, 1.82) is 0 Å². The van der Waals surface area contributed by atoms with E-state index in [1.807, 2.05) is 0 Å². The van der Waals surface area contributed by atoms with E-state index >= 15 is 0 Å². The van der Waals surface area contributed by atoms with E-state index in [9.17, 15) is 13.2 Å². The highest BCUT2D eigenvalue weighted by molar-refractivity contribution is 7.91. The SMILES string of the molecule is CCCCCCCCCCCCS(=O)(=O)CCCC(=O)O. The zero-order valence-corrected chi connectivity index (χ0v) is 14.3. The molecule has 5 heteroatoms. The largest absolute Gasteiger partial charge is 0.481 e. The summed E-state index contributed by atoms with van der Waals surface area (Å²) in [5.41, 5.74) is 0. The Labute approximate surface area is 130 Å². The summed E-state index contributed by atoms with van der Waals surface area (Å²) in [5, 5.41) is 8.48.